The van der Waals surface area contributed by atoms with Gasteiger partial charge < -0.3 is 0 Å². The lowest BCUT2D eigenvalue weighted by molar-refractivity contribution is 0.723. The molecule has 25 heavy (non-hydrogen) atoms. The SMILES string of the molecule is Cc1ccc(C2=NN(c3nn(C)c(=O)[nH]3)CC2c2ccccc2)cc1. The van der Waals surface area contributed by atoms with Crippen LogP contribution in [0.25, 0.3) is 0 Å². The molecule has 1 aromatic heterocycles. The summed E-state index contributed by atoms with van der Waals surface area (Å²) in [5.41, 5.74) is 4.23. The summed E-state index contributed by atoms with van der Waals surface area (Å²) in [5, 5.41) is 10.8. The van der Waals surface area contributed by atoms with Gasteiger partial charge in [0.15, 0.2) is 0 Å². The molecule has 0 saturated heterocycles. The molecule has 2 aromatic carbocycles. The molecule has 1 atom stereocenters. The molecule has 0 saturated carbocycles. The van der Waals surface area contributed by atoms with Crippen molar-refractivity contribution in [1.29, 1.82) is 0 Å². The Kier molecular flexibility index (Phi) is 3.72. The fourth-order valence-corrected chi connectivity index (χ4v) is 3.07. The van der Waals surface area contributed by atoms with Crippen LogP contribution in [0.1, 0.15) is 22.6 Å². The molecular weight excluding hydrogens is 314 g/mol. The van der Waals surface area contributed by atoms with Gasteiger partial charge in [-0.15, -0.1) is 5.10 Å². The van der Waals surface area contributed by atoms with Crippen LogP contribution in [-0.4, -0.2) is 27.0 Å². The van der Waals surface area contributed by atoms with Crippen LogP contribution in [0.5, 0.6) is 0 Å². The number of nitrogens with one attached hydrogen (secondary N) is 1. The second kappa shape index (κ2) is 6.05. The topological polar surface area (TPSA) is 66.3 Å². The summed E-state index contributed by atoms with van der Waals surface area (Å²) < 4.78 is 1.28. The molecule has 0 amide bonds. The first-order chi connectivity index (χ1) is 12.1. The molecule has 3 aromatic rings. The third-order valence-corrected chi connectivity index (χ3v) is 4.47. The molecule has 0 spiro atoms. The van der Waals surface area contributed by atoms with Crippen LogP contribution < -0.4 is 10.7 Å². The summed E-state index contributed by atoms with van der Waals surface area (Å²) in [5.74, 6) is 0.588. The van der Waals surface area contributed by atoms with Gasteiger partial charge in [0.1, 0.15) is 0 Å². The number of H-pyrrole nitrogens is 1. The Balaban J connectivity index is 1.77. The van der Waals surface area contributed by atoms with Gasteiger partial charge in [0.2, 0.25) is 5.95 Å². The minimum absolute atomic E-state index is 0.120. The summed E-state index contributed by atoms with van der Waals surface area (Å²) in [7, 11) is 1.62. The normalized spacial score (nSPS) is 17.0. The number of anilines is 1. The third kappa shape index (κ3) is 2.87. The zero-order valence-electron chi connectivity index (χ0n) is 14.2. The number of aromatic nitrogens is 3. The van der Waals surface area contributed by atoms with Crippen molar-refractivity contribution in [2.45, 2.75) is 12.8 Å². The predicted octanol–water partition coefficient (Wildman–Crippen LogP) is 2.42. The Morgan fingerprint density at radius 3 is 2.44 bits per heavy atom. The molecule has 0 fully saturated rings. The Bertz CT molecular complexity index is 969. The maximum absolute atomic E-state index is 11.7. The van der Waals surface area contributed by atoms with Gasteiger partial charge >= 0.3 is 5.69 Å². The first-order valence-corrected chi connectivity index (χ1v) is 8.23. The van der Waals surface area contributed by atoms with Crippen molar-refractivity contribution in [1.82, 2.24) is 14.8 Å². The summed E-state index contributed by atoms with van der Waals surface area (Å²) in [6, 6.07) is 18.7. The predicted molar refractivity (Wildman–Crippen MR) is 98.1 cm³/mol. The lowest BCUT2D eigenvalue weighted by atomic mass is 9.90. The zero-order chi connectivity index (χ0) is 17.4. The van der Waals surface area contributed by atoms with Crippen molar-refractivity contribution in [2.24, 2.45) is 12.1 Å². The molecule has 0 bridgehead atoms. The van der Waals surface area contributed by atoms with E-state index in [2.05, 4.69) is 53.4 Å². The van der Waals surface area contributed by atoms with E-state index in [9.17, 15) is 4.79 Å². The highest BCUT2D eigenvalue weighted by Gasteiger charge is 2.31. The fourth-order valence-electron chi connectivity index (χ4n) is 3.07. The maximum atomic E-state index is 11.7. The first kappa shape index (κ1) is 15.4. The van der Waals surface area contributed by atoms with Gasteiger partial charge in [0, 0.05) is 13.0 Å². The summed E-state index contributed by atoms with van der Waals surface area (Å²) in [6.45, 7) is 2.71. The number of hydrogen-bond acceptors (Lipinski definition) is 4. The molecular formula is C19H19N5O. The van der Waals surface area contributed by atoms with Gasteiger partial charge in [-0.1, -0.05) is 60.2 Å². The zero-order valence-corrected chi connectivity index (χ0v) is 14.2. The Labute approximate surface area is 145 Å². The van der Waals surface area contributed by atoms with Crippen LogP contribution in [0.15, 0.2) is 64.5 Å². The quantitative estimate of drug-likeness (QED) is 0.800. The monoisotopic (exact) mass is 333 g/mol. The van der Waals surface area contributed by atoms with Gasteiger partial charge in [0.05, 0.1) is 12.3 Å². The Hall–Kier alpha value is -3.15. The number of aryl methyl sites for hydroxylation is 2. The summed E-state index contributed by atoms with van der Waals surface area (Å²) in [6.07, 6.45) is 0. The van der Waals surface area contributed by atoms with Crippen LogP contribution in [0, 0.1) is 6.92 Å². The average molecular weight is 333 g/mol. The van der Waals surface area contributed by atoms with Gasteiger partial charge in [-0.05, 0) is 18.1 Å². The van der Waals surface area contributed by atoms with E-state index in [-0.39, 0.29) is 11.6 Å². The van der Waals surface area contributed by atoms with Crippen LogP contribution in [0.2, 0.25) is 0 Å². The Morgan fingerprint density at radius 1 is 1.08 bits per heavy atom. The van der Waals surface area contributed by atoms with E-state index in [4.69, 9.17) is 5.10 Å². The van der Waals surface area contributed by atoms with Gasteiger partial charge in [-0.25, -0.2) is 14.5 Å². The number of hydrogen-bond donors (Lipinski definition) is 1. The lowest BCUT2D eigenvalue weighted by Gasteiger charge is -2.14. The smallest absolute Gasteiger partial charge is 0.274 e. The van der Waals surface area contributed by atoms with Crippen molar-refractivity contribution < 1.29 is 0 Å². The molecule has 6 heteroatoms. The number of benzene rings is 2. The average Bonchev–Trinajstić information content (AvgIpc) is 3.21. The maximum Gasteiger partial charge on any atom is 0.344 e. The second-order valence-electron chi connectivity index (χ2n) is 6.27. The van der Waals surface area contributed by atoms with Crippen LogP contribution >= 0.6 is 0 Å². The highest BCUT2D eigenvalue weighted by Crippen LogP contribution is 2.30. The van der Waals surface area contributed by atoms with Crippen molar-refractivity contribution in [2.75, 3.05) is 11.6 Å². The first-order valence-electron chi connectivity index (χ1n) is 8.23. The van der Waals surface area contributed by atoms with E-state index in [0.29, 0.717) is 12.5 Å². The van der Waals surface area contributed by atoms with Crippen LogP contribution in [-0.2, 0) is 7.05 Å². The van der Waals surface area contributed by atoms with E-state index in [1.807, 2.05) is 18.2 Å². The van der Waals surface area contributed by atoms with E-state index < -0.39 is 0 Å². The highest BCUT2D eigenvalue weighted by molar-refractivity contribution is 6.07. The van der Waals surface area contributed by atoms with Gasteiger partial charge in [0.25, 0.3) is 0 Å². The van der Waals surface area contributed by atoms with E-state index in [0.717, 1.165) is 11.3 Å². The molecule has 6 nitrogen and oxygen atoms in total. The van der Waals surface area contributed by atoms with Crippen molar-refractivity contribution in [3.8, 4) is 0 Å². The lowest BCUT2D eigenvalue weighted by Crippen LogP contribution is -2.19. The second-order valence-corrected chi connectivity index (χ2v) is 6.27. The van der Waals surface area contributed by atoms with E-state index in [1.54, 1.807) is 12.1 Å². The van der Waals surface area contributed by atoms with Crippen LogP contribution in [0.3, 0.4) is 0 Å². The van der Waals surface area contributed by atoms with E-state index in [1.165, 1.54) is 15.8 Å². The molecule has 1 aliphatic rings. The number of aromatic amines is 1. The minimum Gasteiger partial charge on any atom is -0.274 e. The van der Waals surface area contributed by atoms with Gasteiger partial charge in [-0.3, -0.25) is 4.98 Å². The summed E-state index contributed by atoms with van der Waals surface area (Å²) in [4.78, 5) is 14.5. The van der Waals surface area contributed by atoms with E-state index >= 15 is 0 Å². The highest BCUT2D eigenvalue weighted by atomic mass is 16.2. The molecule has 0 aliphatic carbocycles. The molecule has 4 rings (SSSR count). The molecule has 1 N–H and O–H groups in total. The standard InChI is InChI=1S/C19H19N5O/c1-13-8-10-15(11-9-13)17-16(14-6-4-3-5-7-14)12-24(21-17)18-20-19(25)23(2)22-18/h3-11,16H,12H2,1-2H3,(H,20,22,25). The molecule has 2 heterocycles. The minimum atomic E-state index is -0.245. The fraction of sp³-hybridized carbons (Fsp3) is 0.211. The van der Waals surface area contributed by atoms with Crippen LogP contribution in [0.4, 0.5) is 5.95 Å². The third-order valence-electron chi connectivity index (χ3n) is 4.47. The largest absolute Gasteiger partial charge is 0.344 e. The number of hydrazone groups is 1. The van der Waals surface area contributed by atoms with Crippen molar-refractivity contribution in [3.05, 3.63) is 81.8 Å². The Morgan fingerprint density at radius 2 is 1.80 bits per heavy atom. The molecule has 1 unspecified atom stereocenters. The van der Waals surface area contributed by atoms with Gasteiger partial charge in [-0.2, -0.15) is 5.10 Å². The number of nitrogens with zero attached hydrogens (tertiary/aromatic N) is 4. The van der Waals surface area contributed by atoms with Crippen molar-refractivity contribution in [3.63, 3.8) is 0 Å². The summed E-state index contributed by atoms with van der Waals surface area (Å²) >= 11 is 0. The molecule has 126 valence electrons. The molecule has 1 aliphatic heterocycles. The van der Waals surface area contributed by atoms with Crippen molar-refractivity contribution >= 4 is 11.7 Å². The molecule has 0 radical (unpaired) electrons. The number of rotatable bonds is 3.